The van der Waals surface area contributed by atoms with Gasteiger partial charge in [0.05, 0.1) is 4.90 Å². The molecule has 3 aliphatic carbocycles. The molecule has 1 heterocycles. The number of aromatic nitrogens is 4. The molecule has 3 fully saturated rings. The molecule has 2 aromatic carbocycles. The van der Waals surface area contributed by atoms with Crippen LogP contribution in [-0.4, -0.2) is 35.1 Å². The van der Waals surface area contributed by atoms with Crippen LogP contribution in [0.3, 0.4) is 0 Å². The van der Waals surface area contributed by atoms with E-state index in [2.05, 4.69) is 51.3 Å². The Labute approximate surface area is 213 Å². The van der Waals surface area contributed by atoms with Crippen LogP contribution < -0.4 is 4.72 Å². The van der Waals surface area contributed by atoms with Crippen LogP contribution in [0.25, 0.3) is 11.1 Å². The number of hydrogen-bond acceptors (Lipinski definition) is 5. The predicted octanol–water partition coefficient (Wildman–Crippen LogP) is 5.17. The Kier molecular flexibility index (Phi) is 7.08. The topological polar surface area (TPSA) is 101 Å². The Balaban J connectivity index is 1.24. The predicted molar refractivity (Wildman–Crippen MR) is 140 cm³/mol. The molecule has 3 aromatic rings. The summed E-state index contributed by atoms with van der Waals surface area (Å²) in [7, 11) is -3.61. The normalized spacial score (nSPS) is 25.1. The minimum absolute atomic E-state index is 0.0475. The summed E-state index contributed by atoms with van der Waals surface area (Å²) in [6.45, 7) is 4.60. The highest BCUT2D eigenvalue weighted by Gasteiger charge is 2.58. The summed E-state index contributed by atoms with van der Waals surface area (Å²) in [6.07, 6.45) is 10.3. The van der Waals surface area contributed by atoms with Gasteiger partial charge >= 0.3 is 0 Å². The van der Waals surface area contributed by atoms with Crippen molar-refractivity contribution >= 4 is 10.0 Å². The van der Waals surface area contributed by atoms with E-state index in [4.69, 9.17) is 0 Å². The highest BCUT2D eigenvalue weighted by molar-refractivity contribution is 7.89. The van der Waals surface area contributed by atoms with Crippen molar-refractivity contribution < 1.29 is 8.42 Å². The Morgan fingerprint density at radius 3 is 2.47 bits per heavy atom. The molecule has 0 spiro atoms. The molecule has 4 atom stereocenters. The van der Waals surface area contributed by atoms with Crippen LogP contribution in [0, 0.1) is 23.2 Å². The molecule has 0 amide bonds. The van der Waals surface area contributed by atoms with Gasteiger partial charge < -0.3 is 0 Å². The third kappa shape index (κ3) is 5.15. The lowest BCUT2D eigenvalue weighted by atomic mass is 9.45. The summed E-state index contributed by atoms with van der Waals surface area (Å²) >= 11 is 0. The van der Waals surface area contributed by atoms with Gasteiger partial charge in [0.15, 0.2) is 0 Å². The number of allylic oxidation sites excluding steroid dienone is 2. The number of unbranched alkanes of at least 4 members (excludes halogenated alkanes) is 1. The Hall–Kier alpha value is -2.84. The summed E-state index contributed by atoms with van der Waals surface area (Å²) in [6, 6.07) is 17.2. The fraction of sp³-hybridized carbons (Fsp3) is 0.464. The van der Waals surface area contributed by atoms with Crippen molar-refractivity contribution in [1.82, 2.24) is 25.3 Å². The molecule has 0 saturated heterocycles. The van der Waals surface area contributed by atoms with E-state index in [9.17, 15) is 8.42 Å². The van der Waals surface area contributed by atoms with Crippen molar-refractivity contribution in [3.8, 4) is 11.1 Å². The summed E-state index contributed by atoms with van der Waals surface area (Å²) in [5, 5.41) is 13.9. The van der Waals surface area contributed by atoms with Crippen molar-refractivity contribution in [3.05, 3.63) is 72.6 Å². The first-order chi connectivity index (χ1) is 17.3. The molecular formula is C28H35N5O2S. The van der Waals surface area contributed by atoms with Crippen LogP contribution in [-0.2, 0) is 16.4 Å². The SMILES string of the molecule is CC1(C)[C@H]2C[C@H](C/C=C\CCCc3nnn[nH]3)[C@@H](NS(=O)(=O)c3ccc(-c4ccccc4)cc3)[C@@H]1C2. The number of nitrogens with zero attached hydrogens (tertiary/aromatic N) is 3. The van der Waals surface area contributed by atoms with E-state index in [0.29, 0.717) is 22.6 Å². The molecular weight excluding hydrogens is 470 g/mol. The van der Waals surface area contributed by atoms with Gasteiger partial charge in [0.25, 0.3) is 0 Å². The zero-order chi connectivity index (χ0) is 25.2. The van der Waals surface area contributed by atoms with E-state index in [1.807, 2.05) is 42.5 Å². The van der Waals surface area contributed by atoms with Gasteiger partial charge in [-0.15, -0.1) is 5.10 Å². The first-order valence-corrected chi connectivity index (χ1v) is 14.4. The zero-order valence-corrected chi connectivity index (χ0v) is 21.8. The number of rotatable bonds is 10. The number of hydrogen-bond donors (Lipinski definition) is 2. The van der Waals surface area contributed by atoms with E-state index >= 15 is 0 Å². The number of benzene rings is 2. The number of aromatic amines is 1. The second kappa shape index (κ2) is 10.3. The minimum Gasteiger partial charge on any atom is -0.243 e. The van der Waals surface area contributed by atoms with E-state index in [1.54, 1.807) is 12.1 Å². The van der Waals surface area contributed by atoms with Gasteiger partial charge in [0.1, 0.15) is 5.82 Å². The van der Waals surface area contributed by atoms with Crippen molar-refractivity contribution in [2.24, 2.45) is 23.2 Å². The van der Waals surface area contributed by atoms with Gasteiger partial charge in [-0.05, 0) is 89.0 Å². The molecule has 190 valence electrons. The smallest absolute Gasteiger partial charge is 0.240 e. The maximum atomic E-state index is 13.4. The number of fused-ring (bicyclic) bond motifs is 2. The van der Waals surface area contributed by atoms with Gasteiger partial charge in [-0.25, -0.2) is 18.2 Å². The number of tetrazole rings is 1. The van der Waals surface area contributed by atoms with Crippen LogP contribution in [0.4, 0.5) is 0 Å². The molecule has 0 unspecified atom stereocenters. The van der Waals surface area contributed by atoms with Crippen molar-refractivity contribution in [1.29, 1.82) is 0 Å². The average Bonchev–Trinajstić information content (AvgIpc) is 3.40. The largest absolute Gasteiger partial charge is 0.243 e. The summed E-state index contributed by atoms with van der Waals surface area (Å²) in [4.78, 5) is 0.331. The summed E-state index contributed by atoms with van der Waals surface area (Å²) in [5.41, 5.74) is 2.27. The lowest BCUT2D eigenvalue weighted by Crippen LogP contribution is -2.63. The number of aryl methyl sites for hydroxylation is 1. The fourth-order valence-corrected chi connectivity index (χ4v) is 7.44. The molecule has 6 rings (SSSR count). The van der Waals surface area contributed by atoms with E-state index < -0.39 is 10.0 Å². The van der Waals surface area contributed by atoms with Crippen LogP contribution in [0.1, 0.15) is 51.8 Å². The number of H-pyrrole nitrogens is 1. The van der Waals surface area contributed by atoms with Crippen LogP contribution in [0.5, 0.6) is 0 Å². The van der Waals surface area contributed by atoms with Crippen molar-refractivity contribution in [2.45, 2.75) is 63.3 Å². The maximum absolute atomic E-state index is 13.4. The molecule has 0 radical (unpaired) electrons. The second-order valence-corrected chi connectivity index (χ2v) is 12.6. The first-order valence-electron chi connectivity index (χ1n) is 12.9. The maximum Gasteiger partial charge on any atom is 0.240 e. The quantitative estimate of drug-likeness (QED) is 0.293. The van der Waals surface area contributed by atoms with E-state index in [-0.39, 0.29) is 11.5 Å². The average molecular weight is 506 g/mol. The molecule has 0 aliphatic heterocycles. The standard InChI is InChI=1S/C28H35N5O2S/c1-28(2)23-18-22(12-6-3-4-9-13-26-29-32-33-30-26)27(25(28)19-23)31-36(34,35)24-16-14-21(15-17-24)20-10-7-5-8-11-20/h3,5-8,10-11,14-17,22-23,25,27,31H,4,9,12-13,18-19H2,1-2H3,(H,29,30,32,33)/b6-3-/t22-,23-,25-,27+/m0/s1. The van der Waals surface area contributed by atoms with Crippen LogP contribution >= 0.6 is 0 Å². The Bertz CT molecular complexity index is 1270. The molecule has 8 heteroatoms. The van der Waals surface area contributed by atoms with Gasteiger partial charge in [-0.2, -0.15) is 0 Å². The van der Waals surface area contributed by atoms with E-state index in [1.165, 1.54) is 0 Å². The number of nitrogens with one attached hydrogen (secondary N) is 2. The van der Waals surface area contributed by atoms with Crippen LogP contribution in [0.2, 0.25) is 0 Å². The van der Waals surface area contributed by atoms with Crippen molar-refractivity contribution in [3.63, 3.8) is 0 Å². The molecule has 3 aliphatic rings. The zero-order valence-electron chi connectivity index (χ0n) is 21.0. The monoisotopic (exact) mass is 505 g/mol. The van der Waals surface area contributed by atoms with Gasteiger partial charge in [0, 0.05) is 12.5 Å². The molecule has 36 heavy (non-hydrogen) atoms. The lowest BCUT2D eigenvalue weighted by molar-refractivity contribution is -0.108. The van der Waals surface area contributed by atoms with Gasteiger partial charge in [-0.3, -0.25) is 0 Å². The lowest BCUT2D eigenvalue weighted by Gasteiger charge is -2.62. The molecule has 7 nitrogen and oxygen atoms in total. The third-order valence-electron chi connectivity index (χ3n) is 8.42. The minimum atomic E-state index is -3.61. The molecule has 2 N–H and O–H groups in total. The number of sulfonamides is 1. The summed E-state index contributed by atoms with van der Waals surface area (Å²) < 4.78 is 30.0. The fourth-order valence-electron chi connectivity index (χ4n) is 6.09. The molecule has 2 bridgehead atoms. The second-order valence-electron chi connectivity index (χ2n) is 10.8. The van der Waals surface area contributed by atoms with Crippen LogP contribution in [0.15, 0.2) is 71.6 Å². The first kappa shape index (κ1) is 24.8. The highest BCUT2D eigenvalue weighted by Crippen LogP contribution is 2.61. The summed E-state index contributed by atoms with van der Waals surface area (Å²) in [5.74, 6) is 2.16. The van der Waals surface area contributed by atoms with Crippen molar-refractivity contribution in [2.75, 3.05) is 0 Å². The van der Waals surface area contributed by atoms with Gasteiger partial charge in [0.2, 0.25) is 10.0 Å². The Morgan fingerprint density at radius 1 is 1.03 bits per heavy atom. The van der Waals surface area contributed by atoms with Gasteiger partial charge in [-0.1, -0.05) is 68.5 Å². The van der Waals surface area contributed by atoms with E-state index in [0.717, 1.165) is 55.5 Å². The molecule has 3 saturated carbocycles. The third-order valence-corrected chi connectivity index (χ3v) is 9.89. The molecule has 1 aromatic heterocycles. The highest BCUT2D eigenvalue weighted by atomic mass is 32.2. The Morgan fingerprint density at radius 2 is 1.78 bits per heavy atom.